The Labute approximate surface area is 153 Å². The van der Waals surface area contributed by atoms with Crippen molar-refractivity contribution in [1.29, 1.82) is 0 Å². The largest absolute Gasteiger partial charge is 0.481 e. The molecule has 8 nitrogen and oxygen atoms in total. The Hall–Kier alpha value is -3.20. The first-order valence-electron chi connectivity index (χ1n) is 7.89. The van der Waals surface area contributed by atoms with Gasteiger partial charge in [0, 0.05) is 43.3 Å². The van der Waals surface area contributed by atoms with Crippen molar-refractivity contribution in [3.05, 3.63) is 52.7 Å². The zero-order chi connectivity index (χ0) is 18.4. The monoisotopic (exact) mass is 370 g/mol. The van der Waals surface area contributed by atoms with Gasteiger partial charge in [0.15, 0.2) is 0 Å². The first-order valence-corrected chi connectivity index (χ1v) is 8.83. The number of aliphatic carboxylic acids is 1. The maximum atomic E-state index is 10.5. The highest BCUT2D eigenvalue weighted by Crippen LogP contribution is 2.17. The molecule has 0 radical (unpaired) electrons. The molecule has 3 rings (SSSR count). The van der Waals surface area contributed by atoms with Crippen molar-refractivity contribution >= 4 is 40.5 Å². The van der Waals surface area contributed by atoms with E-state index in [0.29, 0.717) is 11.6 Å². The van der Waals surface area contributed by atoms with Crippen LogP contribution in [0, 0.1) is 0 Å². The predicted molar refractivity (Wildman–Crippen MR) is 102 cm³/mol. The second-order valence-electron chi connectivity index (χ2n) is 5.47. The van der Waals surface area contributed by atoms with E-state index >= 15 is 0 Å². The summed E-state index contributed by atoms with van der Waals surface area (Å²) in [6.45, 7) is 0.914. The van der Waals surface area contributed by atoms with Gasteiger partial charge in [0.25, 0.3) is 0 Å². The molecule has 3 aromatic heterocycles. The number of nitrogens with one attached hydrogen (secondary N) is 1. The van der Waals surface area contributed by atoms with Gasteiger partial charge in [-0.15, -0.1) is 0 Å². The highest BCUT2D eigenvalue weighted by Gasteiger charge is 2.07. The van der Waals surface area contributed by atoms with Gasteiger partial charge in [-0.3, -0.25) is 9.79 Å². The van der Waals surface area contributed by atoms with Crippen LogP contribution >= 0.6 is 11.3 Å². The molecule has 4 N–H and O–H groups in total. The van der Waals surface area contributed by atoms with E-state index in [2.05, 4.69) is 36.3 Å². The van der Waals surface area contributed by atoms with E-state index in [1.165, 1.54) is 18.0 Å². The fraction of sp³-hybridized carbons (Fsp3) is 0.176. The van der Waals surface area contributed by atoms with Crippen LogP contribution in [0.3, 0.4) is 0 Å². The highest BCUT2D eigenvalue weighted by atomic mass is 32.1. The highest BCUT2D eigenvalue weighted by molar-refractivity contribution is 7.07. The lowest BCUT2D eigenvalue weighted by molar-refractivity contribution is -0.136. The summed E-state index contributed by atoms with van der Waals surface area (Å²) in [6.07, 6.45) is 6.49. The standard InChI is InChI=1S/C17H18N6O2S/c18-7-14(9-19-4-1-15(24)25)21-17-20-8-13-2-5-23(16(13)22-17)10-12-3-6-26-11-12/h2-3,5-9,11H,1,4,10,18H2,(H,24,25)(H,20,21,22). The Kier molecular flexibility index (Phi) is 5.59. The molecule has 0 amide bonds. The summed E-state index contributed by atoms with van der Waals surface area (Å²) >= 11 is 1.66. The third-order valence-electron chi connectivity index (χ3n) is 3.56. The number of anilines is 1. The van der Waals surface area contributed by atoms with Crippen LogP contribution in [0.15, 0.2) is 52.2 Å². The van der Waals surface area contributed by atoms with Crippen molar-refractivity contribution < 1.29 is 9.90 Å². The summed E-state index contributed by atoms with van der Waals surface area (Å²) in [4.78, 5) is 23.3. The minimum Gasteiger partial charge on any atom is -0.481 e. The molecule has 0 spiro atoms. The number of nitrogens with two attached hydrogens (primary N) is 1. The molecule has 0 unspecified atom stereocenters. The molecule has 134 valence electrons. The average Bonchev–Trinajstić information content (AvgIpc) is 3.28. The number of carboxylic acids is 1. The van der Waals surface area contributed by atoms with Crippen molar-refractivity contribution in [3.8, 4) is 0 Å². The number of rotatable bonds is 8. The molecule has 0 saturated carbocycles. The SMILES string of the molecule is NC=C(C=NCCC(=O)O)Nc1ncc2ccn(Cc3ccsc3)c2n1. The van der Waals surface area contributed by atoms with E-state index in [9.17, 15) is 4.79 Å². The molecule has 9 heteroatoms. The molecule has 3 aromatic rings. The Balaban J connectivity index is 1.74. The lowest BCUT2D eigenvalue weighted by Crippen LogP contribution is -2.08. The van der Waals surface area contributed by atoms with Crippen molar-refractivity contribution in [2.45, 2.75) is 13.0 Å². The lowest BCUT2D eigenvalue weighted by Gasteiger charge is -2.07. The number of fused-ring (bicyclic) bond motifs is 1. The molecule has 0 bridgehead atoms. The molecule has 0 fully saturated rings. The number of nitrogens with zero attached hydrogens (tertiary/aromatic N) is 4. The molecule has 3 heterocycles. The third kappa shape index (κ3) is 4.45. The van der Waals surface area contributed by atoms with Gasteiger partial charge in [0.05, 0.1) is 12.1 Å². The molecule has 0 aliphatic rings. The number of carbonyl (C=O) groups is 1. The minimum absolute atomic E-state index is 0.0348. The van der Waals surface area contributed by atoms with E-state index in [1.54, 1.807) is 17.5 Å². The zero-order valence-electron chi connectivity index (χ0n) is 13.9. The van der Waals surface area contributed by atoms with Crippen molar-refractivity contribution in [2.24, 2.45) is 10.7 Å². The average molecular weight is 370 g/mol. The number of carboxylic acid groups (broad SMARTS) is 1. The summed E-state index contributed by atoms with van der Waals surface area (Å²) in [5, 5.41) is 16.7. The van der Waals surface area contributed by atoms with Crippen LogP contribution in [0.2, 0.25) is 0 Å². The van der Waals surface area contributed by atoms with E-state index in [-0.39, 0.29) is 13.0 Å². The second-order valence-corrected chi connectivity index (χ2v) is 6.25. The van der Waals surface area contributed by atoms with Crippen molar-refractivity contribution in [3.63, 3.8) is 0 Å². The fourth-order valence-electron chi connectivity index (χ4n) is 2.31. The van der Waals surface area contributed by atoms with E-state index in [0.717, 1.165) is 17.6 Å². The third-order valence-corrected chi connectivity index (χ3v) is 4.29. The van der Waals surface area contributed by atoms with Gasteiger partial charge in [-0.2, -0.15) is 16.3 Å². The summed E-state index contributed by atoms with van der Waals surface area (Å²) in [5.74, 6) is -0.502. The minimum atomic E-state index is -0.895. The number of hydrogen-bond acceptors (Lipinski definition) is 7. The summed E-state index contributed by atoms with van der Waals surface area (Å²) in [6, 6.07) is 4.05. The fourth-order valence-corrected chi connectivity index (χ4v) is 2.97. The van der Waals surface area contributed by atoms with Crippen LogP contribution in [0.1, 0.15) is 12.0 Å². The van der Waals surface area contributed by atoms with E-state index < -0.39 is 5.97 Å². The number of hydrogen-bond donors (Lipinski definition) is 3. The number of aliphatic imine (C=N–C) groups is 1. The Morgan fingerprint density at radius 2 is 2.35 bits per heavy atom. The van der Waals surface area contributed by atoms with E-state index in [4.69, 9.17) is 10.8 Å². The normalized spacial score (nSPS) is 12.1. The van der Waals surface area contributed by atoms with Crippen LogP contribution in [0.5, 0.6) is 0 Å². The van der Waals surface area contributed by atoms with Gasteiger partial charge >= 0.3 is 5.97 Å². The van der Waals surface area contributed by atoms with Crippen molar-refractivity contribution in [2.75, 3.05) is 11.9 Å². The molecule has 0 atom stereocenters. The predicted octanol–water partition coefficient (Wildman–Crippen LogP) is 2.30. The van der Waals surface area contributed by atoms with Gasteiger partial charge in [-0.25, -0.2) is 4.98 Å². The number of allylic oxidation sites excluding steroid dienone is 1. The number of thiophene rings is 1. The molecule has 0 aliphatic heterocycles. The smallest absolute Gasteiger partial charge is 0.305 e. The first-order chi connectivity index (χ1) is 12.7. The molecule has 0 saturated heterocycles. The van der Waals surface area contributed by atoms with Gasteiger partial charge in [0.2, 0.25) is 5.95 Å². The molecule has 26 heavy (non-hydrogen) atoms. The van der Waals surface area contributed by atoms with Gasteiger partial charge < -0.3 is 20.7 Å². The van der Waals surface area contributed by atoms with Gasteiger partial charge in [0.1, 0.15) is 5.65 Å². The molecule has 0 aliphatic carbocycles. The molecular weight excluding hydrogens is 352 g/mol. The van der Waals surface area contributed by atoms with Gasteiger partial charge in [-0.05, 0) is 28.5 Å². The van der Waals surface area contributed by atoms with Crippen molar-refractivity contribution in [1.82, 2.24) is 14.5 Å². The quantitative estimate of drug-likeness (QED) is 0.524. The van der Waals surface area contributed by atoms with Crippen LogP contribution in [-0.2, 0) is 11.3 Å². The lowest BCUT2D eigenvalue weighted by atomic mass is 10.3. The summed E-state index contributed by atoms with van der Waals surface area (Å²) < 4.78 is 2.05. The van der Waals surface area contributed by atoms with Crippen LogP contribution in [0.25, 0.3) is 11.0 Å². The molecule has 0 aromatic carbocycles. The van der Waals surface area contributed by atoms with Crippen LogP contribution in [0.4, 0.5) is 5.95 Å². The Morgan fingerprint density at radius 3 is 3.08 bits per heavy atom. The zero-order valence-corrected chi connectivity index (χ0v) is 14.7. The Bertz CT molecular complexity index is 945. The Morgan fingerprint density at radius 1 is 1.46 bits per heavy atom. The molecular formula is C17H18N6O2S. The maximum absolute atomic E-state index is 10.5. The summed E-state index contributed by atoms with van der Waals surface area (Å²) in [7, 11) is 0. The van der Waals surface area contributed by atoms with E-state index in [1.807, 2.05) is 17.6 Å². The van der Waals surface area contributed by atoms with Crippen LogP contribution < -0.4 is 11.1 Å². The number of aromatic nitrogens is 3. The van der Waals surface area contributed by atoms with Gasteiger partial charge in [-0.1, -0.05) is 0 Å². The first kappa shape index (κ1) is 17.6. The summed E-state index contributed by atoms with van der Waals surface area (Å²) in [5.41, 5.74) is 8.10. The second kappa shape index (κ2) is 8.26. The maximum Gasteiger partial charge on any atom is 0.305 e. The van der Waals surface area contributed by atoms with Crippen LogP contribution in [-0.4, -0.2) is 38.4 Å². The topological polar surface area (TPSA) is 118 Å².